The van der Waals surface area contributed by atoms with E-state index in [0.29, 0.717) is 0 Å². The third kappa shape index (κ3) is 2.37. The van der Waals surface area contributed by atoms with Crippen molar-refractivity contribution < 1.29 is 0 Å². The van der Waals surface area contributed by atoms with Crippen LogP contribution in [0.3, 0.4) is 0 Å². The van der Waals surface area contributed by atoms with E-state index < -0.39 is 0 Å². The SMILES string of the molecule is Ic1nc[c]([Tl])c(I)c1I. The van der Waals surface area contributed by atoms with Crippen LogP contribution in [0.5, 0.6) is 0 Å². The standard InChI is InChI=1S/C5HI3N.Tl/c6-3-1-2-9-5(8)4(3)7;/h2H;. The molecule has 0 radical (unpaired) electrons. The van der Waals surface area contributed by atoms with E-state index in [1.807, 2.05) is 6.20 Å². The summed E-state index contributed by atoms with van der Waals surface area (Å²) in [6.45, 7) is 0. The fourth-order valence-electron chi connectivity index (χ4n) is 0.457. The first-order valence-electron chi connectivity index (χ1n) is 2.38. The maximum atomic E-state index is 4.26. The zero-order valence-corrected chi connectivity index (χ0v) is 15.7. The number of rotatable bonds is 0. The summed E-state index contributed by atoms with van der Waals surface area (Å²) in [7, 11) is 0. The van der Waals surface area contributed by atoms with Gasteiger partial charge >= 0.3 is 119 Å². The van der Waals surface area contributed by atoms with Crippen molar-refractivity contribution in [3.63, 3.8) is 0 Å². The van der Waals surface area contributed by atoms with Crippen molar-refractivity contribution in [2.45, 2.75) is 0 Å². The Balaban J connectivity index is 3.34. The van der Waals surface area contributed by atoms with Gasteiger partial charge < -0.3 is 0 Å². The molecule has 0 bridgehead atoms. The molecule has 0 aliphatic carbocycles. The molecule has 0 N–H and O–H groups in total. The Hall–Kier alpha value is 2.26. The second-order valence-corrected chi connectivity index (χ2v) is 7.23. The van der Waals surface area contributed by atoms with E-state index in [1.165, 1.54) is 10.3 Å². The molecular formula is C5HI3NTl. The summed E-state index contributed by atoms with van der Waals surface area (Å²) in [6, 6.07) is 0. The topological polar surface area (TPSA) is 12.9 Å². The van der Waals surface area contributed by atoms with Gasteiger partial charge in [0.15, 0.2) is 0 Å². The minimum atomic E-state index is 0.898. The molecule has 0 saturated carbocycles. The van der Waals surface area contributed by atoms with Gasteiger partial charge in [-0.25, -0.2) is 0 Å². The number of pyridine rings is 1. The van der Waals surface area contributed by atoms with Gasteiger partial charge in [-0.3, -0.25) is 0 Å². The molecule has 1 nitrogen and oxygen atoms in total. The van der Waals surface area contributed by atoms with Gasteiger partial charge in [0, 0.05) is 0 Å². The second kappa shape index (κ2) is 4.48. The molecule has 0 saturated heterocycles. The molecule has 0 atom stereocenters. The van der Waals surface area contributed by atoms with Gasteiger partial charge in [0.1, 0.15) is 0 Å². The average Bonchev–Trinajstić information content (AvgIpc) is 1.93. The van der Waals surface area contributed by atoms with E-state index in [9.17, 15) is 0 Å². The van der Waals surface area contributed by atoms with E-state index in [4.69, 9.17) is 0 Å². The number of hydrogen-bond donors (Lipinski definition) is 0. The van der Waals surface area contributed by atoms with Gasteiger partial charge in [0.2, 0.25) is 0 Å². The van der Waals surface area contributed by atoms with Crippen LogP contribution in [0.4, 0.5) is 0 Å². The zero-order chi connectivity index (χ0) is 7.72. The van der Waals surface area contributed by atoms with Crippen molar-refractivity contribution in [1.29, 1.82) is 0 Å². The fraction of sp³-hybridized carbons (Fsp3) is 0. The van der Waals surface area contributed by atoms with Crippen LogP contribution in [-0.2, 0) is 0 Å². The molecule has 10 heavy (non-hydrogen) atoms. The number of aromatic nitrogens is 1. The van der Waals surface area contributed by atoms with Crippen molar-refractivity contribution in [1.82, 2.24) is 4.98 Å². The Morgan fingerprint density at radius 2 is 1.80 bits per heavy atom. The summed E-state index contributed by atoms with van der Waals surface area (Å²) in [5.74, 6) is 0. The molecule has 0 aromatic carbocycles. The Bertz CT molecular complexity index is 236. The Morgan fingerprint density at radius 1 is 1.20 bits per heavy atom. The van der Waals surface area contributed by atoms with E-state index >= 15 is 0 Å². The maximum absolute atomic E-state index is 4.26. The third-order valence-corrected chi connectivity index (χ3v) is 10.0. The van der Waals surface area contributed by atoms with Crippen LogP contribution in [0.15, 0.2) is 6.20 Å². The average molecular weight is 660 g/mol. The molecule has 50 valence electrons. The predicted octanol–water partition coefficient (Wildman–Crippen LogP) is 1.69. The minimum absolute atomic E-state index is 0.898. The summed E-state index contributed by atoms with van der Waals surface area (Å²) in [4.78, 5) is 4.26. The predicted molar refractivity (Wildman–Crippen MR) is 67.8 cm³/mol. The van der Waals surface area contributed by atoms with Gasteiger partial charge in [-0.05, 0) is 0 Å². The van der Waals surface area contributed by atoms with Crippen LogP contribution in [0.2, 0.25) is 0 Å². The van der Waals surface area contributed by atoms with Gasteiger partial charge in [-0.15, -0.1) is 0 Å². The number of halogens is 3. The molecule has 1 aromatic heterocycles. The normalized spacial score (nSPS) is 9.80. The first-order chi connectivity index (χ1) is 4.63. The molecule has 0 spiro atoms. The van der Waals surface area contributed by atoms with E-state index in [0.717, 1.165) is 29.5 Å². The Labute approximate surface area is 116 Å². The van der Waals surface area contributed by atoms with E-state index in [2.05, 4.69) is 72.8 Å². The van der Waals surface area contributed by atoms with Crippen LogP contribution in [0.1, 0.15) is 0 Å². The van der Waals surface area contributed by atoms with Crippen molar-refractivity contribution in [3.05, 3.63) is 17.0 Å². The molecule has 1 rings (SSSR count). The van der Waals surface area contributed by atoms with Crippen molar-refractivity contribution in [2.24, 2.45) is 0 Å². The first kappa shape index (κ1) is 10.3. The Kier molecular flexibility index (Phi) is 4.64. The zero-order valence-electron chi connectivity index (χ0n) is 4.74. The summed E-state index contributed by atoms with van der Waals surface area (Å²) >= 11 is 7.89. The van der Waals surface area contributed by atoms with Gasteiger partial charge in [0.25, 0.3) is 0 Å². The molecule has 0 aliphatic heterocycles. The monoisotopic (exact) mass is 661 g/mol. The number of hydrogen-bond acceptors (Lipinski definition) is 1. The van der Waals surface area contributed by atoms with Crippen LogP contribution in [0.25, 0.3) is 0 Å². The van der Waals surface area contributed by atoms with Crippen molar-refractivity contribution in [3.8, 4) is 0 Å². The van der Waals surface area contributed by atoms with Crippen LogP contribution >= 0.6 is 67.8 Å². The van der Waals surface area contributed by atoms with Crippen molar-refractivity contribution in [2.75, 3.05) is 0 Å². The Morgan fingerprint density at radius 3 is 2.30 bits per heavy atom. The molecule has 0 amide bonds. The third-order valence-electron chi connectivity index (χ3n) is 0.944. The summed E-state index contributed by atoms with van der Waals surface area (Å²) in [6.07, 6.45) is 1.98. The number of nitrogens with zero attached hydrogens (tertiary/aromatic N) is 1. The first-order valence-corrected chi connectivity index (χ1v) is 7.86. The van der Waals surface area contributed by atoms with Gasteiger partial charge in [-0.2, -0.15) is 0 Å². The molecule has 1 heterocycles. The second-order valence-electron chi connectivity index (χ2n) is 1.63. The van der Waals surface area contributed by atoms with E-state index in [1.54, 1.807) is 0 Å². The van der Waals surface area contributed by atoms with Crippen molar-refractivity contribution >= 4 is 96.7 Å². The molecule has 1 aromatic rings. The molecule has 0 aliphatic rings. The molecule has 0 fully saturated rings. The van der Waals surface area contributed by atoms with Crippen LogP contribution in [-0.4, -0.2) is 30.8 Å². The van der Waals surface area contributed by atoms with E-state index in [-0.39, 0.29) is 0 Å². The summed E-state index contributed by atoms with van der Waals surface area (Å²) < 4.78 is 5.24. The van der Waals surface area contributed by atoms with Crippen LogP contribution in [0, 0.1) is 10.8 Å². The fourth-order valence-corrected chi connectivity index (χ4v) is 4.22. The quantitative estimate of drug-likeness (QED) is 0.235. The molecule has 5 heteroatoms. The van der Waals surface area contributed by atoms with Crippen LogP contribution < -0.4 is 3.12 Å². The summed E-state index contributed by atoms with van der Waals surface area (Å²) in [5, 5.41) is 0. The molecular weight excluding hydrogens is 659 g/mol. The molecule has 0 unspecified atom stereocenters. The van der Waals surface area contributed by atoms with Gasteiger partial charge in [-0.1, -0.05) is 0 Å². The summed E-state index contributed by atoms with van der Waals surface area (Å²) in [5.41, 5.74) is 0. The van der Waals surface area contributed by atoms with Gasteiger partial charge in [0.05, 0.1) is 0 Å².